The molecule has 0 radical (unpaired) electrons. The summed E-state index contributed by atoms with van der Waals surface area (Å²) in [5.74, 6) is -0.0750. The summed E-state index contributed by atoms with van der Waals surface area (Å²) in [4.78, 5) is 21.3. The molecule has 1 amide bonds. The predicted octanol–water partition coefficient (Wildman–Crippen LogP) is 5.39. The van der Waals surface area contributed by atoms with Crippen LogP contribution in [-0.2, 0) is 27.4 Å². The van der Waals surface area contributed by atoms with Crippen molar-refractivity contribution in [1.82, 2.24) is 9.97 Å². The van der Waals surface area contributed by atoms with Crippen LogP contribution < -0.4 is 14.8 Å². The van der Waals surface area contributed by atoms with Gasteiger partial charge in [-0.3, -0.25) is 14.5 Å². The van der Waals surface area contributed by atoms with E-state index in [1.165, 1.54) is 30.7 Å². The van der Waals surface area contributed by atoms with Crippen LogP contribution in [0.4, 0.5) is 24.0 Å². The Bertz CT molecular complexity index is 1270. The minimum Gasteiger partial charge on any atom is -0.495 e. The van der Waals surface area contributed by atoms with Crippen LogP contribution in [0.15, 0.2) is 42.0 Å². The molecule has 0 saturated heterocycles. The van der Waals surface area contributed by atoms with Gasteiger partial charge in [0.15, 0.2) is 5.13 Å². The van der Waals surface area contributed by atoms with Crippen LogP contribution >= 0.6 is 11.3 Å². The number of rotatable bonds is 8. The second-order valence-electron chi connectivity index (χ2n) is 8.59. The molecule has 7 nitrogen and oxygen atoms in total. The highest BCUT2D eigenvalue weighted by Gasteiger charge is 2.34. The van der Waals surface area contributed by atoms with E-state index in [1.54, 1.807) is 31.4 Å². The Morgan fingerprint density at radius 1 is 1.17 bits per heavy atom. The monoisotopic (exact) mass is 524 g/mol. The van der Waals surface area contributed by atoms with E-state index in [9.17, 15) is 22.2 Å². The van der Waals surface area contributed by atoms with Crippen LogP contribution in [0.5, 0.6) is 5.75 Å². The van der Waals surface area contributed by atoms with Crippen LogP contribution in [0.1, 0.15) is 37.9 Å². The number of carbonyl (C=O) groups excluding carboxylic acids is 1. The Morgan fingerprint density at radius 3 is 2.57 bits per heavy atom. The van der Waals surface area contributed by atoms with Gasteiger partial charge >= 0.3 is 6.18 Å². The molecule has 2 N–H and O–H groups in total. The molecule has 1 atom stereocenters. The van der Waals surface area contributed by atoms with E-state index in [0.717, 1.165) is 25.1 Å². The molecule has 0 spiro atoms. The van der Waals surface area contributed by atoms with Crippen LogP contribution in [0.2, 0.25) is 0 Å². The SMILES string of the molecule is COc1cc(-c2cncc(C(F)(F)F)c2)ccc1NC(=O)C(C)(C)c1csc(NS(=O)C2CC2)n1. The van der Waals surface area contributed by atoms with Crippen molar-refractivity contribution in [2.45, 2.75) is 43.5 Å². The Labute approximate surface area is 206 Å². The van der Waals surface area contributed by atoms with E-state index in [2.05, 4.69) is 20.0 Å². The first-order valence-electron chi connectivity index (χ1n) is 10.6. The Hall–Kier alpha value is -2.99. The number of hydrogen-bond acceptors (Lipinski definition) is 6. The van der Waals surface area contributed by atoms with Crippen molar-refractivity contribution in [2.24, 2.45) is 0 Å². The van der Waals surface area contributed by atoms with E-state index in [-0.39, 0.29) is 22.5 Å². The average molecular weight is 525 g/mol. The number of anilines is 2. The zero-order valence-corrected chi connectivity index (χ0v) is 20.7. The van der Waals surface area contributed by atoms with Crippen molar-refractivity contribution in [1.29, 1.82) is 0 Å². The first kappa shape index (κ1) is 25.1. The smallest absolute Gasteiger partial charge is 0.417 e. The van der Waals surface area contributed by atoms with E-state index in [4.69, 9.17) is 4.74 Å². The van der Waals surface area contributed by atoms with Crippen molar-refractivity contribution in [2.75, 3.05) is 17.1 Å². The summed E-state index contributed by atoms with van der Waals surface area (Å²) in [6.07, 6.45) is -0.562. The third-order valence-corrected chi connectivity index (χ3v) is 7.93. The average Bonchev–Trinajstić information content (AvgIpc) is 3.57. The van der Waals surface area contributed by atoms with Crippen molar-refractivity contribution in [3.05, 3.63) is 53.3 Å². The molecule has 1 unspecified atom stereocenters. The van der Waals surface area contributed by atoms with Gasteiger partial charge in [-0.15, -0.1) is 11.3 Å². The van der Waals surface area contributed by atoms with Gasteiger partial charge in [-0.2, -0.15) is 13.2 Å². The first-order chi connectivity index (χ1) is 16.5. The zero-order valence-electron chi connectivity index (χ0n) is 19.1. The number of nitrogens with one attached hydrogen (secondary N) is 2. The van der Waals surface area contributed by atoms with Crippen molar-refractivity contribution in [3.8, 4) is 16.9 Å². The summed E-state index contributed by atoms with van der Waals surface area (Å²) in [6, 6.07) is 5.70. The van der Waals surface area contributed by atoms with Crippen LogP contribution in [0.3, 0.4) is 0 Å². The van der Waals surface area contributed by atoms with E-state index in [0.29, 0.717) is 22.1 Å². The summed E-state index contributed by atoms with van der Waals surface area (Å²) in [5, 5.41) is 5.20. The molecule has 0 bridgehead atoms. The van der Waals surface area contributed by atoms with Gasteiger partial charge in [0, 0.05) is 23.3 Å². The summed E-state index contributed by atoms with van der Waals surface area (Å²) in [7, 11) is 0.223. The van der Waals surface area contributed by atoms with Gasteiger partial charge in [-0.1, -0.05) is 6.07 Å². The maximum absolute atomic E-state index is 13.1. The summed E-state index contributed by atoms with van der Waals surface area (Å²) >= 11 is 1.28. The molecule has 0 aliphatic heterocycles. The fourth-order valence-electron chi connectivity index (χ4n) is 3.18. The number of ether oxygens (including phenoxy) is 1. The van der Waals surface area contributed by atoms with Crippen LogP contribution in [0, 0.1) is 0 Å². The molecule has 186 valence electrons. The highest BCUT2D eigenvalue weighted by molar-refractivity contribution is 7.87. The number of benzene rings is 1. The minimum absolute atomic E-state index is 0.154. The number of aromatic nitrogens is 2. The standard InChI is InChI=1S/C23H23F3N4O3S2/c1-22(2,19-12-34-21(29-19)30-35(32)16-5-6-16)20(31)28-17-7-4-13(9-18(17)33-3)14-8-15(11-27-10-14)23(24,25)26/h4,7-12,16H,5-6H2,1-3H3,(H,28,31)(H,29,30). The maximum atomic E-state index is 13.1. The Morgan fingerprint density at radius 2 is 1.91 bits per heavy atom. The highest BCUT2D eigenvalue weighted by Crippen LogP contribution is 2.36. The van der Waals surface area contributed by atoms with Gasteiger partial charge in [-0.25, -0.2) is 9.19 Å². The number of hydrogen-bond donors (Lipinski definition) is 2. The van der Waals surface area contributed by atoms with E-state index >= 15 is 0 Å². The number of nitrogens with zero attached hydrogens (tertiary/aromatic N) is 2. The number of pyridine rings is 1. The van der Waals surface area contributed by atoms with E-state index < -0.39 is 28.1 Å². The van der Waals surface area contributed by atoms with Crippen molar-refractivity contribution in [3.63, 3.8) is 0 Å². The predicted molar refractivity (Wildman–Crippen MR) is 130 cm³/mol. The fourth-order valence-corrected chi connectivity index (χ4v) is 5.29. The fraction of sp³-hybridized carbons (Fsp3) is 0.348. The number of methoxy groups -OCH3 is 1. The topological polar surface area (TPSA) is 93.2 Å². The number of amides is 1. The minimum atomic E-state index is -4.51. The molecule has 12 heteroatoms. The highest BCUT2D eigenvalue weighted by atomic mass is 32.2. The summed E-state index contributed by atoms with van der Waals surface area (Å²) in [5.41, 5.74) is -0.282. The van der Waals surface area contributed by atoms with Crippen LogP contribution in [-0.4, -0.2) is 32.4 Å². The lowest BCUT2D eigenvalue weighted by Crippen LogP contribution is -2.35. The molecule has 35 heavy (non-hydrogen) atoms. The molecular weight excluding hydrogens is 501 g/mol. The van der Waals surface area contributed by atoms with Crippen molar-refractivity contribution < 1.29 is 26.9 Å². The third-order valence-electron chi connectivity index (χ3n) is 5.58. The zero-order chi connectivity index (χ0) is 25.4. The van der Waals surface area contributed by atoms with Gasteiger partial charge in [0.2, 0.25) is 5.91 Å². The van der Waals surface area contributed by atoms with Gasteiger partial charge in [0.05, 0.1) is 34.7 Å². The number of halogens is 3. The maximum Gasteiger partial charge on any atom is 0.417 e. The molecule has 1 saturated carbocycles. The molecule has 2 aromatic heterocycles. The molecule has 1 aromatic carbocycles. The second kappa shape index (κ2) is 9.57. The Kier molecular flexibility index (Phi) is 6.87. The normalized spacial score (nSPS) is 14.9. The Balaban J connectivity index is 1.52. The lowest BCUT2D eigenvalue weighted by molar-refractivity contribution is -0.137. The molecule has 1 aliphatic rings. The third kappa shape index (κ3) is 5.64. The lowest BCUT2D eigenvalue weighted by atomic mass is 9.89. The summed E-state index contributed by atoms with van der Waals surface area (Å²) < 4.78 is 59.5. The van der Waals surface area contributed by atoms with E-state index in [1.807, 2.05) is 0 Å². The molecule has 1 fully saturated rings. The quantitative estimate of drug-likeness (QED) is 0.412. The number of alkyl halides is 3. The largest absolute Gasteiger partial charge is 0.495 e. The molecular formula is C23H23F3N4O3S2. The first-order valence-corrected chi connectivity index (χ1v) is 12.7. The molecule has 4 rings (SSSR count). The molecule has 2 heterocycles. The summed E-state index contributed by atoms with van der Waals surface area (Å²) in [6.45, 7) is 3.43. The number of carbonyl (C=O) groups is 1. The molecule has 3 aromatic rings. The molecule has 1 aliphatic carbocycles. The lowest BCUT2D eigenvalue weighted by Gasteiger charge is -2.22. The van der Waals surface area contributed by atoms with Gasteiger partial charge < -0.3 is 10.1 Å². The van der Waals surface area contributed by atoms with Gasteiger partial charge in [0.25, 0.3) is 0 Å². The van der Waals surface area contributed by atoms with Gasteiger partial charge in [-0.05, 0) is 50.5 Å². The van der Waals surface area contributed by atoms with Crippen LogP contribution in [0.25, 0.3) is 11.1 Å². The number of thiazole rings is 1. The van der Waals surface area contributed by atoms with Gasteiger partial charge in [0.1, 0.15) is 16.7 Å². The second-order valence-corrected chi connectivity index (χ2v) is 10.9. The van der Waals surface area contributed by atoms with Crippen molar-refractivity contribution >= 4 is 39.0 Å².